The largest absolute Gasteiger partial charge is 0.344 e. The molecule has 0 unspecified atom stereocenters. The van der Waals surface area contributed by atoms with E-state index in [1.807, 2.05) is 13.8 Å². The molecule has 2 aromatic rings. The van der Waals surface area contributed by atoms with E-state index < -0.39 is 0 Å². The summed E-state index contributed by atoms with van der Waals surface area (Å²) in [5.74, 6) is 0.159. The van der Waals surface area contributed by atoms with Crippen molar-refractivity contribution in [3.8, 4) is 0 Å². The number of thioether (sulfide) groups is 1. The predicted octanol–water partition coefficient (Wildman–Crippen LogP) is 3.35. The van der Waals surface area contributed by atoms with Crippen LogP contribution in [0.25, 0.3) is 0 Å². The number of nitrogens with one attached hydrogen (secondary N) is 1. The molecule has 2 rings (SSSR count). The molecule has 0 saturated carbocycles. The number of rotatable bonds is 4. The Kier molecular flexibility index (Phi) is 4.46. The van der Waals surface area contributed by atoms with Gasteiger partial charge < -0.3 is 0 Å². The van der Waals surface area contributed by atoms with Crippen molar-refractivity contribution in [1.29, 1.82) is 0 Å². The van der Waals surface area contributed by atoms with Gasteiger partial charge in [-0.2, -0.15) is 0 Å². The maximum atomic E-state index is 13.7. The van der Waals surface area contributed by atoms with E-state index in [9.17, 15) is 9.18 Å². The lowest BCUT2D eigenvalue weighted by Gasteiger charge is -2.08. The number of hydrogen-bond acceptors (Lipinski definition) is 3. The standard InChI is InChI=1S/C12H13BrFN3OS/c1-7(2)17-11(18)15-16-12(17)19-6-8-3-4-9(13)5-10(8)14/h3-5,7H,6H2,1-2H3,(H,15,18). The van der Waals surface area contributed by atoms with Crippen LogP contribution in [0.15, 0.2) is 32.6 Å². The minimum absolute atomic E-state index is 0.0171. The lowest BCUT2D eigenvalue weighted by Crippen LogP contribution is -2.19. The Morgan fingerprint density at radius 2 is 2.26 bits per heavy atom. The van der Waals surface area contributed by atoms with Gasteiger partial charge in [0.1, 0.15) is 5.82 Å². The van der Waals surface area contributed by atoms with Gasteiger partial charge in [0.15, 0.2) is 5.16 Å². The Hall–Kier alpha value is -1.08. The molecular formula is C12H13BrFN3OS. The first kappa shape index (κ1) is 14.3. The molecule has 19 heavy (non-hydrogen) atoms. The minimum atomic E-state index is -0.268. The van der Waals surface area contributed by atoms with Crippen LogP contribution in [-0.2, 0) is 5.75 Å². The van der Waals surface area contributed by atoms with Crippen LogP contribution in [0.5, 0.6) is 0 Å². The van der Waals surface area contributed by atoms with Gasteiger partial charge in [0.2, 0.25) is 0 Å². The number of aromatic nitrogens is 3. The van der Waals surface area contributed by atoms with Gasteiger partial charge in [0.25, 0.3) is 0 Å². The van der Waals surface area contributed by atoms with Crippen LogP contribution in [0.3, 0.4) is 0 Å². The van der Waals surface area contributed by atoms with E-state index in [4.69, 9.17) is 0 Å². The summed E-state index contributed by atoms with van der Waals surface area (Å²) in [4.78, 5) is 11.6. The second-order valence-electron chi connectivity index (χ2n) is 4.30. The predicted molar refractivity (Wildman–Crippen MR) is 76.9 cm³/mol. The van der Waals surface area contributed by atoms with Crippen LogP contribution in [0, 0.1) is 5.82 Å². The molecule has 0 atom stereocenters. The fraction of sp³-hybridized carbons (Fsp3) is 0.333. The van der Waals surface area contributed by atoms with E-state index in [2.05, 4.69) is 26.1 Å². The summed E-state index contributed by atoms with van der Waals surface area (Å²) in [6, 6.07) is 4.95. The Morgan fingerprint density at radius 1 is 1.53 bits per heavy atom. The van der Waals surface area contributed by atoms with Gasteiger partial charge in [-0.25, -0.2) is 14.3 Å². The number of halogens is 2. The van der Waals surface area contributed by atoms with Gasteiger partial charge in [-0.05, 0) is 31.5 Å². The van der Waals surface area contributed by atoms with Crippen LogP contribution < -0.4 is 5.69 Å². The van der Waals surface area contributed by atoms with E-state index in [1.165, 1.54) is 17.8 Å². The van der Waals surface area contributed by atoms with Gasteiger partial charge in [-0.1, -0.05) is 33.8 Å². The summed E-state index contributed by atoms with van der Waals surface area (Å²) in [6.07, 6.45) is 0. The smallest absolute Gasteiger partial charge is 0.268 e. The quantitative estimate of drug-likeness (QED) is 0.864. The molecule has 0 bridgehead atoms. The van der Waals surface area contributed by atoms with Crippen LogP contribution >= 0.6 is 27.7 Å². The highest BCUT2D eigenvalue weighted by Crippen LogP contribution is 2.24. The molecule has 102 valence electrons. The first-order chi connectivity index (χ1) is 8.99. The van der Waals surface area contributed by atoms with Crippen LogP contribution in [0.2, 0.25) is 0 Å². The summed E-state index contributed by atoms with van der Waals surface area (Å²) in [6.45, 7) is 3.81. The number of nitrogens with zero attached hydrogens (tertiary/aromatic N) is 2. The molecule has 1 heterocycles. The molecule has 0 aliphatic heterocycles. The number of H-pyrrole nitrogens is 1. The maximum absolute atomic E-state index is 13.7. The molecule has 0 saturated heterocycles. The number of benzene rings is 1. The van der Waals surface area contributed by atoms with E-state index in [0.717, 1.165) is 0 Å². The lowest BCUT2D eigenvalue weighted by molar-refractivity contribution is 0.534. The minimum Gasteiger partial charge on any atom is -0.268 e. The molecule has 0 radical (unpaired) electrons. The number of aromatic amines is 1. The lowest BCUT2D eigenvalue weighted by atomic mass is 10.2. The van der Waals surface area contributed by atoms with Crippen LogP contribution in [0.1, 0.15) is 25.5 Å². The van der Waals surface area contributed by atoms with Gasteiger partial charge in [0.05, 0.1) is 0 Å². The Bertz CT molecular complexity index is 638. The van der Waals surface area contributed by atoms with Crippen molar-refractivity contribution in [3.63, 3.8) is 0 Å². The topological polar surface area (TPSA) is 50.7 Å². The van der Waals surface area contributed by atoms with E-state index in [-0.39, 0.29) is 17.5 Å². The average molecular weight is 346 g/mol. The van der Waals surface area contributed by atoms with Crippen LogP contribution in [0.4, 0.5) is 4.39 Å². The molecular weight excluding hydrogens is 333 g/mol. The van der Waals surface area contributed by atoms with Crippen molar-refractivity contribution in [3.05, 3.63) is 44.5 Å². The van der Waals surface area contributed by atoms with Crippen molar-refractivity contribution in [1.82, 2.24) is 14.8 Å². The molecule has 1 aromatic heterocycles. The molecule has 4 nitrogen and oxygen atoms in total. The average Bonchev–Trinajstić information content (AvgIpc) is 2.69. The summed E-state index contributed by atoms with van der Waals surface area (Å²) in [5, 5.41) is 6.94. The normalized spacial score (nSPS) is 11.2. The third-order valence-electron chi connectivity index (χ3n) is 2.56. The Balaban J connectivity index is 2.17. The third kappa shape index (κ3) is 3.27. The second-order valence-corrected chi connectivity index (χ2v) is 6.16. The van der Waals surface area contributed by atoms with E-state index in [1.54, 1.807) is 16.7 Å². The van der Waals surface area contributed by atoms with Gasteiger partial charge in [-0.3, -0.25) is 4.57 Å². The number of hydrogen-bond donors (Lipinski definition) is 1. The Labute approximate surface area is 122 Å². The van der Waals surface area contributed by atoms with E-state index in [0.29, 0.717) is 20.9 Å². The van der Waals surface area contributed by atoms with Crippen molar-refractivity contribution in [2.24, 2.45) is 0 Å². The van der Waals surface area contributed by atoms with Gasteiger partial charge in [0, 0.05) is 16.3 Å². The highest BCUT2D eigenvalue weighted by Gasteiger charge is 2.12. The highest BCUT2D eigenvalue weighted by molar-refractivity contribution is 9.10. The molecule has 7 heteroatoms. The second kappa shape index (κ2) is 5.92. The van der Waals surface area contributed by atoms with Crippen LogP contribution in [-0.4, -0.2) is 14.8 Å². The fourth-order valence-electron chi connectivity index (χ4n) is 1.63. The third-order valence-corrected chi connectivity index (χ3v) is 4.06. The fourth-order valence-corrected chi connectivity index (χ4v) is 3.02. The molecule has 0 spiro atoms. The molecule has 0 fully saturated rings. The first-order valence-electron chi connectivity index (χ1n) is 5.72. The van der Waals surface area contributed by atoms with Gasteiger partial charge >= 0.3 is 5.69 Å². The SMILES string of the molecule is CC(C)n1c(SCc2ccc(Br)cc2F)n[nH]c1=O. The monoisotopic (exact) mass is 345 g/mol. The molecule has 1 aromatic carbocycles. The first-order valence-corrected chi connectivity index (χ1v) is 7.50. The molecule has 1 N–H and O–H groups in total. The summed E-state index contributed by atoms with van der Waals surface area (Å²) in [7, 11) is 0. The Morgan fingerprint density at radius 3 is 2.89 bits per heavy atom. The summed E-state index contributed by atoms with van der Waals surface area (Å²) >= 11 is 4.55. The van der Waals surface area contributed by atoms with Crippen molar-refractivity contribution < 1.29 is 4.39 Å². The zero-order valence-electron chi connectivity index (χ0n) is 10.5. The zero-order chi connectivity index (χ0) is 14.0. The van der Waals surface area contributed by atoms with Gasteiger partial charge in [-0.15, -0.1) is 5.10 Å². The van der Waals surface area contributed by atoms with Crippen molar-refractivity contribution in [2.45, 2.75) is 30.8 Å². The highest BCUT2D eigenvalue weighted by atomic mass is 79.9. The zero-order valence-corrected chi connectivity index (χ0v) is 12.9. The van der Waals surface area contributed by atoms with Crippen molar-refractivity contribution >= 4 is 27.7 Å². The van der Waals surface area contributed by atoms with Crippen molar-refractivity contribution in [2.75, 3.05) is 0 Å². The maximum Gasteiger partial charge on any atom is 0.344 e. The molecule has 0 aliphatic carbocycles. The summed E-state index contributed by atoms with van der Waals surface area (Å²) < 4.78 is 15.9. The van der Waals surface area contributed by atoms with E-state index >= 15 is 0 Å². The molecule has 0 amide bonds. The molecule has 0 aliphatic rings. The summed E-state index contributed by atoms with van der Waals surface area (Å²) in [5.41, 5.74) is 0.340.